The van der Waals surface area contributed by atoms with Crippen LogP contribution in [0, 0.1) is 0 Å². The van der Waals surface area contributed by atoms with Gasteiger partial charge in [-0.1, -0.05) is 25.5 Å². The third-order valence-corrected chi connectivity index (χ3v) is 5.54. The van der Waals surface area contributed by atoms with E-state index in [-0.39, 0.29) is 17.4 Å². The molecule has 7 heteroatoms. The van der Waals surface area contributed by atoms with E-state index in [2.05, 4.69) is 19.2 Å². The molecule has 1 heterocycles. The summed E-state index contributed by atoms with van der Waals surface area (Å²) in [5.74, 6) is 0.0552. The maximum absolute atomic E-state index is 12.0. The Kier molecular flexibility index (Phi) is 6.92. The molecule has 146 valence electrons. The van der Waals surface area contributed by atoms with Crippen molar-refractivity contribution in [2.24, 2.45) is 0 Å². The highest BCUT2D eigenvalue weighted by Crippen LogP contribution is 2.27. The molecule has 1 amide bonds. The molecular formula is C19H30N2O4S. The molecule has 1 N–H and O–H groups in total. The molecule has 6 nitrogen and oxygen atoms in total. The maximum atomic E-state index is 12.0. The van der Waals surface area contributed by atoms with Crippen LogP contribution in [0.2, 0.25) is 0 Å². The fourth-order valence-corrected chi connectivity index (χ4v) is 3.84. The highest BCUT2D eigenvalue weighted by atomic mass is 32.2. The second-order valence-electron chi connectivity index (χ2n) is 7.41. The lowest BCUT2D eigenvalue weighted by atomic mass is 9.89. The first kappa shape index (κ1) is 20.6. The topological polar surface area (TPSA) is 75.7 Å². The molecule has 0 saturated carbocycles. The van der Waals surface area contributed by atoms with Gasteiger partial charge in [-0.15, -0.1) is 0 Å². The first-order valence-corrected chi connectivity index (χ1v) is 11.2. The van der Waals surface area contributed by atoms with Gasteiger partial charge in [-0.3, -0.25) is 0 Å². The van der Waals surface area contributed by atoms with Crippen molar-refractivity contribution < 1.29 is 17.9 Å². The van der Waals surface area contributed by atoms with Gasteiger partial charge in [0.25, 0.3) is 0 Å². The summed E-state index contributed by atoms with van der Waals surface area (Å²) in [6, 6.07) is 7.51. The SMILES string of the molecule is CCCCOC(=O)N1CCC(C)(Nc2ccc(CS(C)(=O)=O)cc2)CC1. The van der Waals surface area contributed by atoms with E-state index in [1.165, 1.54) is 6.26 Å². The average Bonchev–Trinajstić information content (AvgIpc) is 2.56. The molecule has 1 aromatic carbocycles. The minimum Gasteiger partial charge on any atom is -0.449 e. The molecule has 0 atom stereocenters. The number of sulfone groups is 1. The first-order chi connectivity index (χ1) is 12.2. The van der Waals surface area contributed by atoms with Crippen LogP contribution in [-0.4, -0.2) is 50.9 Å². The number of anilines is 1. The van der Waals surface area contributed by atoms with E-state index in [1.807, 2.05) is 24.3 Å². The number of hydrogen-bond donors (Lipinski definition) is 1. The Bertz CT molecular complexity index is 693. The molecule has 0 spiro atoms. The monoisotopic (exact) mass is 382 g/mol. The van der Waals surface area contributed by atoms with Gasteiger partial charge < -0.3 is 15.0 Å². The lowest BCUT2D eigenvalue weighted by molar-refractivity contribution is 0.0865. The second kappa shape index (κ2) is 8.75. The lowest BCUT2D eigenvalue weighted by Gasteiger charge is -2.40. The molecule has 0 unspecified atom stereocenters. The largest absolute Gasteiger partial charge is 0.449 e. The number of rotatable bonds is 7. The summed E-state index contributed by atoms with van der Waals surface area (Å²) in [6.45, 7) is 6.04. The number of benzene rings is 1. The van der Waals surface area contributed by atoms with Gasteiger partial charge in [0.05, 0.1) is 12.4 Å². The Hall–Kier alpha value is -1.76. The minimum atomic E-state index is -3.02. The minimum absolute atomic E-state index is 0.0552. The molecule has 1 aromatic rings. The average molecular weight is 383 g/mol. The Morgan fingerprint density at radius 3 is 2.38 bits per heavy atom. The normalized spacial score (nSPS) is 17.0. The van der Waals surface area contributed by atoms with Gasteiger partial charge in [-0.25, -0.2) is 13.2 Å². The van der Waals surface area contributed by atoms with Crippen molar-refractivity contribution in [1.29, 1.82) is 0 Å². The molecule has 0 radical (unpaired) electrons. The van der Waals surface area contributed by atoms with Gasteiger partial charge in [-0.05, 0) is 43.9 Å². The highest BCUT2D eigenvalue weighted by Gasteiger charge is 2.32. The number of carbonyl (C=O) groups is 1. The van der Waals surface area contributed by atoms with Gasteiger partial charge in [0.15, 0.2) is 9.84 Å². The molecule has 0 aromatic heterocycles. The zero-order valence-electron chi connectivity index (χ0n) is 16.0. The standard InChI is InChI=1S/C19H30N2O4S/c1-4-5-14-25-18(22)21-12-10-19(2,11-13-21)20-17-8-6-16(7-9-17)15-26(3,23)24/h6-9,20H,4-5,10-15H2,1-3H3. The van der Waals surface area contributed by atoms with Crippen LogP contribution in [0.1, 0.15) is 45.1 Å². The molecule has 1 aliphatic heterocycles. The third-order valence-electron chi connectivity index (χ3n) is 4.68. The molecule has 0 bridgehead atoms. The third kappa shape index (κ3) is 6.52. The molecule has 0 aliphatic carbocycles. The van der Waals surface area contributed by atoms with Crippen LogP contribution in [0.3, 0.4) is 0 Å². The Labute approximate surface area is 156 Å². The summed E-state index contributed by atoms with van der Waals surface area (Å²) in [5, 5.41) is 3.53. The summed E-state index contributed by atoms with van der Waals surface area (Å²) < 4.78 is 28.0. The quantitative estimate of drug-likeness (QED) is 0.731. The highest BCUT2D eigenvalue weighted by molar-refractivity contribution is 7.89. The number of piperidine rings is 1. The lowest BCUT2D eigenvalue weighted by Crippen LogP contribution is -2.49. The Morgan fingerprint density at radius 1 is 1.23 bits per heavy atom. The van der Waals surface area contributed by atoms with Crippen molar-refractivity contribution in [1.82, 2.24) is 4.90 Å². The van der Waals surface area contributed by atoms with E-state index in [1.54, 1.807) is 4.90 Å². The van der Waals surface area contributed by atoms with Crippen molar-refractivity contribution in [3.63, 3.8) is 0 Å². The molecule has 1 fully saturated rings. The fourth-order valence-electron chi connectivity index (χ4n) is 3.04. The smallest absolute Gasteiger partial charge is 0.409 e. The maximum Gasteiger partial charge on any atom is 0.409 e. The Morgan fingerprint density at radius 2 is 1.85 bits per heavy atom. The van der Waals surface area contributed by atoms with E-state index < -0.39 is 9.84 Å². The van der Waals surface area contributed by atoms with Crippen molar-refractivity contribution in [2.45, 2.75) is 50.8 Å². The first-order valence-electron chi connectivity index (χ1n) is 9.17. The van der Waals surface area contributed by atoms with Crippen LogP contribution in [-0.2, 0) is 20.3 Å². The van der Waals surface area contributed by atoms with Crippen LogP contribution < -0.4 is 5.32 Å². The zero-order valence-corrected chi connectivity index (χ0v) is 16.8. The predicted octanol–water partition coefficient (Wildman–Crippen LogP) is 3.43. The summed E-state index contributed by atoms with van der Waals surface area (Å²) in [5.41, 5.74) is 1.65. The predicted molar refractivity (Wildman–Crippen MR) is 104 cm³/mol. The number of amides is 1. The number of carbonyl (C=O) groups excluding carboxylic acids is 1. The van der Waals surface area contributed by atoms with Crippen molar-refractivity contribution in [3.8, 4) is 0 Å². The van der Waals surface area contributed by atoms with Gasteiger partial charge >= 0.3 is 6.09 Å². The molecule has 1 aliphatic rings. The second-order valence-corrected chi connectivity index (χ2v) is 9.55. The molecule has 2 rings (SSSR count). The Balaban J connectivity index is 1.86. The van der Waals surface area contributed by atoms with E-state index in [4.69, 9.17) is 4.74 Å². The van der Waals surface area contributed by atoms with Crippen molar-refractivity contribution in [2.75, 3.05) is 31.3 Å². The number of likely N-dealkylation sites (tertiary alicyclic amines) is 1. The molecule has 26 heavy (non-hydrogen) atoms. The van der Waals surface area contributed by atoms with Gasteiger partial charge in [0, 0.05) is 30.6 Å². The molecular weight excluding hydrogens is 352 g/mol. The van der Waals surface area contributed by atoms with Crippen LogP contribution in [0.15, 0.2) is 24.3 Å². The van der Waals surface area contributed by atoms with E-state index in [9.17, 15) is 13.2 Å². The van der Waals surface area contributed by atoms with Gasteiger partial charge in [-0.2, -0.15) is 0 Å². The number of hydrogen-bond acceptors (Lipinski definition) is 5. The molecule has 1 saturated heterocycles. The van der Waals surface area contributed by atoms with E-state index in [0.717, 1.165) is 36.9 Å². The number of unbranched alkanes of at least 4 members (excludes halogenated alkanes) is 1. The van der Waals surface area contributed by atoms with Crippen LogP contribution in [0.5, 0.6) is 0 Å². The fraction of sp³-hybridized carbons (Fsp3) is 0.632. The number of nitrogens with one attached hydrogen (secondary N) is 1. The number of ether oxygens (including phenoxy) is 1. The summed E-state index contributed by atoms with van der Waals surface area (Å²) in [6.07, 6.45) is 4.60. The summed E-state index contributed by atoms with van der Waals surface area (Å²) in [7, 11) is -3.02. The summed E-state index contributed by atoms with van der Waals surface area (Å²) in [4.78, 5) is 13.8. The van der Waals surface area contributed by atoms with Crippen LogP contribution in [0.25, 0.3) is 0 Å². The van der Waals surface area contributed by atoms with Crippen molar-refractivity contribution in [3.05, 3.63) is 29.8 Å². The van der Waals surface area contributed by atoms with Gasteiger partial charge in [0.2, 0.25) is 0 Å². The zero-order chi connectivity index (χ0) is 19.2. The van der Waals surface area contributed by atoms with Crippen LogP contribution >= 0.6 is 0 Å². The number of nitrogens with zero attached hydrogens (tertiary/aromatic N) is 1. The van der Waals surface area contributed by atoms with Crippen LogP contribution in [0.4, 0.5) is 10.5 Å². The van der Waals surface area contributed by atoms with E-state index >= 15 is 0 Å². The van der Waals surface area contributed by atoms with Gasteiger partial charge in [0.1, 0.15) is 0 Å². The van der Waals surface area contributed by atoms with E-state index in [0.29, 0.717) is 19.7 Å². The summed E-state index contributed by atoms with van der Waals surface area (Å²) >= 11 is 0. The van der Waals surface area contributed by atoms with Crippen molar-refractivity contribution >= 4 is 21.6 Å².